The summed E-state index contributed by atoms with van der Waals surface area (Å²) in [6.45, 7) is 1.89. The normalized spacial score (nSPS) is 11.3. The second-order valence-electron chi connectivity index (χ2n) is 4.51. The van der Waals surface area contributed by atoms with Crippen LogP contribution >= 0.6 is 15.9 Å². The third-order valence-corrected chi connectivity index (χ3v) is 3.49. The highest BCUT2D eigenvalue weighted by Crippen LogP contribution is 2.23. The Labute approximate surface area is 130 Å². The van der Waals surface area contributed by atoms with Crippen LogP contribution in [-0.2, 0) is 0 Å². The number of nitrogens with zero attached hydrogens (tertiary/aromatic N) is 3. The predicted molar refractivity (Wildman–Crippen MR) is 86.2 cm³/mol. The number of nitrogen functional groups attached to an aromatic ring is 1. The first-order valence-electron chi connectivity index (χ1n) is 6.33. The van der Waals surface area contributed by atoms with Gasteiger partial charge in [0, 0.05) is 10.0 Å². The molecule has 0 radical (unpaired) electrons. The van der Waals surface area contributed by atoms with Gasteiger partial charge in [-0.25, -0.2) is 4.98 Å². The van der Waals surface area contributed by atoms with Crippen LogP contribution in [0.2, 0.25) is 0 Å². The number of nitrogens with two attached hydrogens (primary N) is 1. The van der Waals surface area contributed by atoms with E-state index >= 15 is 0 Å². The zero-order valence-corrected chi connectivity index (χ0v) is 12.9. The van der Waals surface area contributed by atoms with Crippen LogP contribution in [0.5, 0.6) is 0 Å². The van der Waals surface area contributed by atoms with Gasteiger partial charge >= 0.3 is 0 Å². The lowest BCUT2D eigenvalue weighted by atomic mass is 10.2. The summed E-state index contributed by atoms with van der Waals surface area (Å²) in [5.41, 5.74) is 7.68. The Morgan fingerprint density at radius 1 is 1.24 bits per heavy atom. The van der Waals surface area contributed by atoms with Gasteiger partial charge in [0.1, 0.15) is 11.5 Å². The predicted octanol–water partition coefficient (Wildman–Crippen LogP) is 3.68. The molecule has 2 aromatic heterocycles. The first-order valence-corrected chi connectivity index (χ1v) is 7.13. The molecule has 2 N–H and O–H groups in total. The third-order valence-electron chi connectivity index (χ3n) is 2.97. The molecule has 5 nitrogen and oxygen atoms in total. The average molecular weight is 345 g/mol. The smallest absolute Gasteiger partial charge is 0.221 e. The zero-order valence-electron chi connectivity index (χ0n) is 11.3. The summed E-state index contributed by atoms with van der Waals surface area (Å²) in [4.78, 5) is 4.12. The van der Waals surface area contributed by atoms with Crippen molar-refractivity contribution in [1.82, 2.24) is 9.66 Å². The van der Waals surface area contributed by atoms with Crippen molar-refractivity contribution in [1.29, 1.82) is 0 Å². The lowest BCUT2D eigenvalue weighted by Crippen LogP contribution is -1.99. The molecule has 0 atom stereocenters. The van der Waals surface area contributed by atoms with E-state index in [2.05, 4.69) is 26.0 Å². The second-order valence-corrected chi connectivity index (χ2v) is 5.43. The Morgan fingerprint density at radius 3 is 2.67 bits per heavy atom. The van der Waals surface area contributed by atoms with Gasteiger partial charge in [-0.2, -0.15) is 9.78 Å². The van der Waals surface area contributed by atoms with Crippen LogP contribution in [0.15, 0.2) is 56.6 Å². The fourth-order valence-corrected chi connectivity index (χ4v) is 2.20. The molecule has 21 heavy (non-hydrogen) atoms. The molecular weight excluding hydrogens is 332 g/mol. The summed E-state index contributed by atoms with van der Waals surface area (Å²) in [5, 5.41) is 4.35. The quantitative estimate of drug-likeness (QED) is 0.736. The highest BCUT2D eigenvalue weighted by molar-refractivity contribution is 9.10. The molecule has 0 fully saturated rings. The number of rotatable bonds is 3. The summed E-state index contributed by atoms with van der Waals surface area (Å²) < 4.78 is 8.05. The van der Waals surface area contributed by atoms with E-state index < -0.39 is 0 Å². The van der Waals surface area contributed by atoms with Crippen molar-refractivity contribution in [3.05, 3.63) is 58.6 Å². The summed E-state index contributed by atoms with van der Waals surface area (Å²) in [6, 6.07) is 11.6. The van der Waals surface area contributed by atoms with Crippen molar-refractivity contribution in [2.75, 3.05) is 5.73 Å². The largest absolute Gasteiger partial charge is 0.460 e. The number of halogens is 1. The van der Waals surface area contributed by atoms with Crippen LogP contribution < -0.4 is 5.73 Å². The molecule has 0 bridgehead atoms. The monoisotopic (exact) mass is 344 g/mol. The van der Waals surface area contributed by atoms with Crippen LogP contribution in [0, 0.1) is 6.92 Å². The number of imidazole rings is 1. The Balaban J connectivity index is 1.97. The van der Waals surface area contributed by atoms with Crippen molar-refractivity contribution >= 4 is 28.1 Å². The first-order chi connectivity index (χ1) is 10.1. The summed E-state index contributed by atoms with van der Waals surface area (Å²) >= 11 is 3.42. The minimum atomic E-state index is 0.326. The average Bonchev–Trinajstić information content (AvgIpc) is 3.04. The number of hydrogen-bond donors (Lipinski definition) is 1. The van der Waals surface area contributed by atoms with Gasteiger partial charge in [0.15, 0.2) is 0 Å². The molecule has 0 saturated carbocycles. The Kier molecular flexibility index (Phi) is 3.62. The molecular formula is C15H13BrN4O. The van der Waals surface area contributed by atoms with Gasteiger partial charge in [0.25, 0.3) is 0 Å². The molecule has 0 spiro atoms. The van der Waals surface area contributed by atoms with E-state index in [9.17, 15) is 0 Å². The van der Waals surface area contributed by atoms with Gasteiger partial charge in [0.2, 0.25) is 5.95 Å². The van der Waals surface area contributed by atoms with E-state index in [1.54, 1.807) is 17.1 Å². The zero-order chi connectivity index (χ0) is 14.8. The number of aryl methyl sites for hydroxylation is 1. The standard InChI is InChI=1S/C15H13BrN4O/c1-10-2-7-13(21-10)8-19-20-14(9-18-15(20)17)11-3-5-12(16)6-4-11/h2-9H,1H3,(H2,17,18). The van der Waals surface area contributed by atoms with Crippen LogP contribution in [0.1, 0.15) is 11.5 Å². The highest BCUT2D eigenvalue weighted by Gasteiger charge is 2.08. The maximum atomic E-state index is 5.88. The molecule has 0 unspecified atom stereocenters. The topological polar surface area (TPSA) is 69.3 Å². The van der Waals surface area contributed by atoms with Crippen molar-refractivity contribution in [2.24, 2.45) is 5.10 Å². The maximum Gasteiger partial charge on any atom is 0.221 e. The summed E-state index contributed by atoms with van der Waals surface area (Å²) in [6.07, 6.45) is 3.32. The van der Waals surface area contributed by atoms with E-state index in [-0.39, 0.29) is 0 Å². The second kappa shape index (κ2) is 5.57. The fraction of sp³-hybridized carbons (Fsp3) is 0.0667. The van der Waals surface area contributed by atoms with Crippen molar-refractivity contribution in [3.63, 3.8) is 0 Å². The lowest BCUT2D eigenvalue weighted by Gasteiger charge is -2.03. The molecule has 0 aliphatic rings. The minimum absolute atomic E-state index is 0.326. The van der Waals surface area contributed by atoms with Crippen molar-refractivity contribution in [3.8, 4) is 11.3 Å². The van der Waals surface area contributed by atoms with Gasteiger partial charge in [0.05, 0.1) is 18.1 Å². The molecule has 3 aromatic rings. The van der Waals surface area contributed by atoms with Crippen molar-refractivity contribution in [2.45, 2.75) is 6.92 Å². The Hall–Kier alpha value is -2.34. The molecule has 2 heterocycles. The van der Waals surface area contributed by atoms with Crippen LogP contribution in [0.25, 0.3) is 11.3 Å². The van der Waals surface area contributed by atoms with E-state index in [0.717, 1.165) is 21.5 Å². The van der Waals surface area contributed by atoms with Gasteiger partial charge < -0.3 is 10.2 Å². The van der Waals surface area contributed by atoms with Gasteiger partial charge in [-0.05, 0) is 31.2 Å². The van der Waals surface area contributed by atoms with Gasteiger partial charge in [-0.1, -0.05) is 28.1 Å². The number of anilines is 1. The van der Waals surface area contributed by atoms with Crippen LogP contribution in [-0.4, -0.2) is 15.9 Å². The first kappa shape index (κ1) is 13.6. The number of benzene rings is 1. The highest BCUT2D eigenvalue weighted by atomic mass is 79.9. The molecule has 3 rings (SSSR count). The third kappa shape index (κ3) is 2.90. The van der Waals surface area contributed by atoms with E-state index in [4.69, 9.17) is 10.2 Å². The number of furan rings is 1. The van der Waals surface area contributed by atoms with Crippen molar-refractivity contribution < 1.29 is 4.42 Å². The maximum absolute atomic E-state index is 5.88. The van der Waals surface area contributed by atoms with E-state index in [1.807, 2.05) is 43.3 Å². The lowest BCUT2D eigenvalue weighted by molar-refractivity contribution is 0.527. The van der Waals surface area contributed by atoms with Gasteiger partial charge in [-0.3, -0.25) is 0 Å². The van der Waals surface area contributed by atoms with Crippen LogP contribution in [0.4, 0.5) is 5.95 Å². The van der Waals surface area contributed by atoms with Crippen LogP contribution in [0.3, 0.4) is 0 Å². The molecule has 1 aromatic carbocycles. The Morgan fingerprint density at radius 2 is 2.00 bits per heavy atom. The Bertz CT molecular complexity index is 786. The molecule has 106 valence electrons. The van der Waals surface area contributed by atoms with E-state index in [1.165, 1.54) is 0 Å². The summed E-state index contributed by atoms with van der Waals surface area (Å²) in [7, 11) is 0. The minimum Gasteiger partial charge on any atom is -0.460 e. The molecule has 0 saturated heterocycles. The molecule has 6 heteroatoms. The number of hydrogen-bond acceptors (Lipinski definition) is 4. The van der Waals surface area contributed by atoms with Gasteiger partial charge in [-0.15, -0.1) is 0 Å². The SMILES string of the molecule is Cc1ccc(C=Nn2c(-c3ccc(Br)cc3)cnc2N)o1. The molecule has 0 aliphatic carbocycles. The number of aromatic nitrogens is 2. The van der Waals surface area contributed by atoms with E-state index in [0.29, 0.717) is 11.7 Å². The fourth-order valence-electron chi connectivity index (χ4n) is 1.94. The molecule has 0 amide bonds. The molecule has 0 aliphatic heterocycles. The summed E-state index contributed by atoms with van der Waals surface area (Å²) in [5.74, 6) is 1.83.